The fraction of sp³-hybridized carbons (Fsp3) is 0.600. The van der Waals surface area contributed by atoms with E-state index in [1.165, 1.54) is 0 Å². The summed E-state index contributed by atoms with van der Waals surface area (Å²) in [5, 5.41) is 0.810. The lowest BCUT2D eigenvalue weighted by molar-refractivity contribution is 0.290. The van der Waals surface area contributed by atoms with Crippen LogP contribution in [0.5, 0.6) is 0 Å². The number of benzene rings is 1. The summed E-state index contributed by atoms with van der Waals surface area (Å²) in [6, 6.07) is 7.93. The maximum absolute atomic E-state index is 11.9. The minimum Gasteiger partial charge on any atom is -0.298 e. The van der Waals surface area contributed by atoms with Gasteiger partial charge in [-0.05, 0) is 30.4 Å². The number of hydrogen-bond donors (Lipinski definition) is 0. The predicted molar refractivity (Wildman–Crippen MR) is 84.7 cm³/mol. The smallest absolute Gasteiger partial charge is 0.213 e. The number of nitrogens with zero attached hydrogens (tertiary/aromatic N) is 2. The molecule has 0 saturated carbocycles. The van der Waals surface area contributed by atoms with E-state index in [2.05, 4.69) is 11.0 Å². The highest BCUT2D eigenvalue weighted by Gasteiger charge is 2.43. The van der Waals surface area contributed by atoms with Crippen LogP contribution in [0.4, 0.5) is 0 Å². The first-order chi connectivity index (χ1) is 9.99. The van der Waals surface area contributed by atoms with E-state index < -0.39 is 10.0 Å². The predicted octanol–water partition coefficient (Wildman–Crippen LogP) is 2.05. The molecule has 2 saturated heterocycles. The van der Waals surface area contributed by atoms with E-state index in [9.17, 15) is 8.42 Å². The van der Waals surface area contributed by atoms with Gasteiger partial charge >= 0.3 is 0 Å². The number of fused-ring (bicyclic) bond motifs is 1. The van der Waals surface area contributed by atoms with Crippen molar-refractivity contribution < 1.29 is 8.42 Å². The molecule has 0 spiro atoms. The standard InChI is InChI=1S/C15H21ClN2O2S/c1-2-21(19,20)18-10-13-8-17(9-14(13)11-18)7-12-5-3-4-6-15(12)16/h3-6,13-14H,2,7-11H2,1H3/t13-,14-/m0/s1. The molecule has 2 aliphatic rings. The van der Waals surface area contributed by atoms with E-state index in [1.54, 1.807) is 11.2 Å². The molecule has 4 nitrogen and oxygen atoms in total. The molecule has 1 aromatic carbocycles. The summed E-state index contributed by atoms with van der Waals surface area (Å²) < 4.78 is 25.6. The molecule has 21 heavy (non-hydrogen) atoms. The van der Waals surface area contributed by atoms with E-state index in [4.69, 9.17) is 11.6 Å². The Morgan fingerprint density at radius 1 is 1.14 bits per heavy atom. The molecule has 116 valence electrons. The summed E-state index contributed by atoms with van der Waals surface area (Å²) in [4.78, 5) is 2.40. The second kappa shape index (κ2) is 5.88. The van der Waals surface area contributed by atoms with Gasteiger partial charge in [-0.1, -0.05) is 29.8 Å². The largest absolute Gasteiger partial charge is 0.298 e. The summed E-state index contributed by atoms with van der Waals surface area (Å²) >= 11 is 6.21. The van der Waals surface area contributed by atoms with Gasteiger partial charge in [-0.25, -0.2) is 12.7 Å². The highest BCUT2D eigenvalue weighted by Crippen LogP contribution is 2.33. The normalized spacial score (nSPS) is 27.1. The third kappa shape index (κ3) is 3.11. The number of likely N-dealkylation sites (tertiary alicyclic amines) is 1. The Bertz CT molecular complexity index is 606. The van der Waals surface area contributed by atoms with Crippen molar-refractivity contribution in [3.05, 3.63) is 34.9 Å². The third-order valence-corrected chi connectivity index (χ3v) is 6.82. The van der Waals surface area contributed by atoms with Crippen molar-refractivity contribution in [3.8, 4) is 0 Å². The summed E-state index contributed by atoms with van der Waals surface area (Å²) in [5.41, 5.74) is 1.15. The van der Waals surface area contributed by atoms with Gasteiger partial charge < -0.3 is 0 Å². The minimum atomic E-state index is -3.03. The molecule has 0 radical (unpaired) electrons. The van der Waals surface area contributed by atoms with Crippen molar-refractivity contribution in [3.63, 3.8) is 0 Å². The van der Waals surface area contributed by atoms with Crippen LogP contribution in [0.15, 0.2) is 24.3 Å². The second-order valence-corrected chi connectivity index (χ2v) is 8.69. The number of sulfonamides is 1. The molecule has 2 atom stereocenters. The maximum Gasteiger partial charge on any atom is 0.213 e. The zero-order valence-corrected chi connectivity index (χ0v) is 13.8. The quantitative estimate of drug-likeness (QED) is 0.849. The Morgan fingerprint density at radius 2 is 1.76 bits per heavy atom. The first-order valence-corrected chi connectivity index (χ1v) is 9.42. The molecule has 3 rings (SSSR count). The lowest BCUT2D eigenvalue weighted by Gasteiger charge is -2.21. The van der Waals surface area contributed by atoms with Crippen molar-refractivity contribution in [2.45, 2.75) is 13.5 Å². The van der Waals surface area contributed by atoms with Crippen molar-refractivity contribution in [1.82, 2.24) is 9.21 Å². The van der Waals surface area contributed by atoms with Gasteiger partial charge in [0.1, 0.15) is 0 Å². The van der Waals surface area contributed by atoms with Gasteiger partial charge in [-0.3, -0.25) is 4.90 Å². The highest BCUT2D eigenvalue weighted by atomic mass is 35.5. The van der Waals surface area contributed by atoms with Crippen LogP contribution < -0.4 is 0 Å². The van der Waals surface area contributed by atoms with E-state index in [1.807, 2.05) is 18.2 Å². The highest BCUT2D eigenvalue weighted by molar-refractivity contribution is 7.89. The van der Waals surface area contributed by atoms with Crippen LogP contribution in [0, 0.1) is 11.8 Å². The summed E-state index contributed by atoms with van der Waals surface area (Å²) in [5.74, 6) is 1.14. The molecule has 2 heterocycles. The summed E-state index contributed by atoms with van der Waals surface area (Å²) in [6.45, 7) is 5.86. The second-order valence-electron chi connectivity index (χ2n) is 6.02. The van der Waals surface area contributed by atoms with Crippen LogP contribution in [0.25, 0.3) is 0 Å². The van der Waals surface area contributed by atoms with E-state index >= 15 is 0 Å². The van der Waals surface area contributed by atoms with E-state index in [0.717, 1.165) is 30.2 Å². The maximum atomic E-state index is 11.9. The molecular formula is C15H21ClN2O2S. The molecule has 0 amide bonds. The van der Waals surface area contributed by atoms with Crippen molar-refractivity contribution in [2.75, 3.05) is 31.9 Å². The number of rotatable bonds is 4. The van der Waals surface area contributed by atoms with Gasteiger partial charge in [0, 0.05) is 37.7 Å². The molecule has 2 fully saturated rings. The molecule has 6 heteroatoms. The number of halogens is 1. The molecular weight excluding hydrogens is 308 g/mol. The third-order valence-electron chi connectivity index (χ3n) is 4.64. The SMILES string of the molecule is CCS(=O)(=O)N1C[C@@H]2CN(Cc3ccccc3Cl)C[C@H]2C1. The first kappa shape index (κ1) is 15.3. The van der Waals surface area contributed by atoms with Crippen molar-refractivity contribution in [1.29, 1.82) is 0 Å². The Labute approximate surface area is 131 Å². The van der Waals surface area contributed by atoms with Crippen LogP contribution in [-0.2, 0) is 16.6 Å². The zero-order valence-electron chi connectivity index (χ0n) is 12.2. The van der Waals surface area contributed by atoms with Gasteiger partial charge in [0.05, 0.1) is 5.75 Å². The van der Waals surface area contributed by atoms with E-state index in [-0.39, 0.29) is 5.75 Å². The average Bonchev–Trinajstić information content (AvgIpc) is 3.00. The fourth-order valence-corrected chi connectivity index (χ4v) is 4.85. The van der Waals surface area contributed by atoms with Crippen LogP contribution in [0.2, 0.25) is 5.02 Å². The molecule has 0 bridgehead atoms. The number of hydrogen-bond acceptors (Lipinski definition) is 3. The van der Waals surface area contributed by atoms with Crippen LogP contribution in [0.3, 0.4) is 0 Å². The molecule has 0 unspecified atom stereocenters. The summed E-state index contributed by atoms with van der Waals surface area (Å²) in [7, 11) is -3.03. The zero-order chi connectivity index (χ0) is 15.0. The van der Waals surface area contributed by atoms with Gasteiger partial charge in [0.2, 0.25) is 10.0 Å². The first-order valence-electron chi connectivity index (χ1n) is 7.43. The molecule has 1 aromatic rings. The van der Waals surface area contributed by atoms with Gasteiger partial charge in [-0.2, -0.15) is 0 Å². The average molecular weight is 329 g/mol. The molecule has 0 aromatic heterocycles. The van der Waals surface area contributed by atoms with E-state index in [0.29, 0.717) is 24.9 Å². The fourth-order valence-electron chi connectivity index (χ4n) is 3.45. The minimum absolute atomic E-state index is 0.204. The Balaban J connectivity index is 1.61. The van der Waals surface area contributed by atoms with Crippen LogP contribution >= 0.6 is 11.6 Å². The van der Waals surface area contributed by atoms with Gasteiger partial charge in [0.15, 0.2) is 0 Å². The molecule has 0 aliphatic carbocycles. The Morgan fingerprint density at radius 3 is 2.33 bits per heavy atom. The monoisotopic (exact) mass is 328 g/mol. The molecule has 0 N–H and O–H groups in total. The Kier molecular flexibility index (Phi) is 4.28. The molecule has 2 aliphatic heterocycles. The van der Waals surface area contributed by atoms with Crippen molar-refractivity contribution in [2.24, 2.45) is 11.8 Å². The lowest BCUT2D eigenvalue weighted by atomic mass is 10.0. The van der Waals surface area contributed by atoms with Gasteiger partial charge in [-0.15, -0.1) is 0 Å². The van der Waals surface area contributed by atoms with Gasteiger partial charge in [0.25, 0.3) is 0 Å². The van der Waals surface area contributed by atoms with Crippen molar-refractivity contribution >= 4 is 21.6 Å². The Hall–Kier alpha value is -0.620. The summed E-state index contributed by atoms with van der Waals surface area (Å²) in [6.07, 6.45) is 0. The van der Waals surface area contributed by atoms with Crippen LogP contribution in [-0.4, -0.2) is 49.6 Å². The lowest BCUT2D eigenvalue weighted by Crippen LogP contribution is -2.34. The topological polar surface area (TPSA) is 40.6 Å². The van der Waals surface area contributed by atoms with Crippen LogP contribution in [0.1, 0.15) is 12.5 Å².